The highest BCUT2D eigenvalue weighted by molar-refractivity contribution is 9.10. The van der Waals surface area contributed by atoms with Gasteiger partial charge in [-0.25, -0.2) is 0 Å². The number of allylic oxidation sites excluding steroid dienone is 4. The minimum atomic E-state index is -0.286. The Hall–Kier alpha value is -1.90. The molecule has 2 aliphatic rings. The van der Waals surface area contributed by atoms with Gasteiger partial charge in [0.25, 0.3) is 0 Å². The van der Waals surface area contributed by atoms with E-state index in [9.17, 15) is 10.1 Å². The van der Waals surface area contributed by atoms with Gasteiger partial charge in [0, 0.05) is 42.8 Å². The lowest BCUT2D eigenvalue weighted by atomic mass is 9.70. The average molecular weight is 427 g/mol. The Labute approximate surface area is 165 Å². The third-order valence-corrected chi connectivity index (χ3v) is 7.53. The lowest BCUT2D eigenvalue weighted by Gasteiger charge is -2.38. The average Bonchev–Trinajstić information content (AvgIpc) is 2.89. The minimum Gasteiger partial charge on any atom is -0.361 e. The molecule has 4 rings (SSSR count). The number of thiophene rings is 1. The molecule has 0 saturated carbocycles. The van der Waals surface area contributed by atoms with E-state index < -0.39 is 0 Å². The number of nitrogens with one attached hydrogen (secondary N) is 1. The van der Waals surface area contributed by atoms with Gasteiger partial charge < -0.3 is 5.32 Å². The van der Waals surface area contributed by atoms with Crippen LogP contribution >= 0.6 is 27.3 Å². The number of ketones is 1. The predicted molar refractivity (Wildman–Crippen MR) is 109 cm³/mol. The van der Waals surface area contributed by atoms with Gasteiger partial charge >= 0.3 is 0 Å². The highest BCUT2D eigenvalue weighted by Gasteiger charge is 2.42. The summed E-state index contributed by atoms with van der Waals surface area (Å²) in [7, 11) is 0. The van der Waals surface area contributed by atoms with E-state index in [4.69, 9.17) is 0 Å². The lowest BCUT2D eigenvalue weighted by Crippen LogP contribution is -2.36. The van der Waals surface area contributed by atoms with Gasteiger partial charge in [-0.3, -0.25) is 4.79 Å². The van der Waals surface area contributed by atoms with Gasteiger partial charge in [0.1, 0.15) is 0 Å². The van der Waals surface area contributed by atoms with Gasteiger partial charge in [0.2, 0.25) is 0 Å². The summed E-state index contributed by atoms with van der Waals surface area (Å²) in [6.07, 6.45) is 1.34. The van der Waals surface area contributed by atoms with Gasteiger partial charge in [-0.2, -0.15) is 5.26 Å². The molecule has 1 aliphatic carbocycles. The first-order chi connectivity index (χ1) is 12.3. The molecule has 2 aromatic rings. The maximum absolute atomic E-state index is 13.1. The van der Waals surface area contributed by atoms with E-state index in [-0.39, 0.29) is 17.1 Å². The second kappa shape index (κ2) is 6.07. The zero-order valence-corrected chi connectivity index (χ0v) is 17.3. The molecule has 0 amide bonds. The largest absolute Gasteiger partial charge is 0.361 e. The van der Waals surface area contributed by atoms with Crippen LogP contribution in [0.1, 0.15) is 44.4 Å². The van der Waals surface area contributed by atoms with E-state index in [1.165, 1.54) is 0 Å². The van der Waals surface area contributed by atoms with E-state index in [2.05, 4.69) is 53.3 Å². The molecule has 2 heterocycles. The fraction of sp³-hybridized carbons (Fsp3) is 0.333. The molecule has 1 aromatic heterocycles. The summed E-state index contributed by atoms with van der Waals surface area (Å²) in [5.74, 6) is -0.134. The Morgan fingerprint density at radius 3 is 2.73 bits per heavy atom. The second-order valence-corrected chi connectivity index (χ2v) is 9.69. The Kier molecular flexibility index (Phi) is 4.09. The topological polar surface area (TPSA) is 52.9 Å². The van der Waals surface area contributed by atoms with Gasteiger partial charge in [0.15, 0.2) is 5.78 Å². The SMILES string of the molecule is CC1=C(C#N)[C@H](c2sc3ccccc3c2Br)C2=C(CC(C)(C)CC2=O)N1. The Morgan fingerprint density at radius 1 is 1.31 bits per heavy atom. The number of benzene rings is 1. The molecule has 5 heteroatoms. The third kappa shape index (κ3) is 2.64. The van der Waals surface area contributed by atoms with Crippen LogP contribution in [0.4, 0.5) is 0 Å². The number of dihydropyridines is 1. The fourth-order valence-corrected chi connectivity index (χ4v) is 6.23. The summed E-state index contributed by atoms with van der Waals surface area (Å²) in [4.78, 5) is 14.1. The molecule has 1 aliphatic heterocycles. The van der Waals surface area contributed by atoms with Gasteiger partial charge in [0.05, 0.1) is 17.6 Å². The molecule has 0 radical (unpaired) electrons. The van der Waals surface area contributed by atoms with Crippen LogP contribution in [0, 0.1) is 16.7 Å². The standard InChI is InChI=1S/C21H19BrN2OS/c1-11-13(10-23)17(18-14(24-11)8-21(2,3)9-15(18)25)20-19(22)12-6-4-5-7-16(12)26-20/h4-7,17,24H,8-9H2,1-3H3/t17-/m0/s1. The number of carbonyl (C=O) groups is 1. The number of rotatable bonds is 1. The first-order valence-electron chi connectivity index (χ1n) is 8.63. The predicted octanol–water partition coefficient (Wildman–Crippen LogP) is 5.79. The number of Topliss-reactive ketones (excluding diaryl/α,β-unsaturated/α-hetero) is 1. The Morgan fingerprint density at radius 2 is 2.04 bits per heavy atom. The summed E-state index contributed by atoms with van der Waals surface area (Å²) in [5, 5.41) is 14.3. The molecule has 0 saturated heterocycles. The van der Waals surface area contributed by atoms with Crippen molar-refractivity contribution in [2.24, 2.45) is 5.41 Å². The summed E-state index contributed by atoms with van der Waals surface area (Å²) >= 11 is 5.41. The Bertz CT molecular complexity index is 1050. The van der Waals surface area contributed by atoms with Gasteiger partial charge in [-0.15, -0.1) is 11.3 Å². The molecule has 0 fully saturated rings. The van der Waals surface area contributed by atoms with Crippen LogP contribution in [-0.4, -0.2) is 5.78 Å². The highest BCUT2D eigenvalue weighted by atomic mass is 79.9. The van der Waals surface area contributed by atoms with Gasteiger partial charge in [-0.1, -0.05) is 32.0 Å². The molecule has 26 heavy (non-hydrogen) atoms. The first kappa shape index (κ1) is 17.5. The van der Waals surface area contributed by atoms with Crippen LogP contribution in [0.5, 0.6) is 0 Å². The maximum Gasteiger partial charge on any atom is 0.162 e. The molecule has 0 spiro atoms. The summed E-state index contributed by atoms with van der Waals surface area (Å²) in [6.45, 7) is 6.18. The molecule has 0 unspecified atom stereocenters. The molecule has 1 aromatic carbocycles. The monoisotopic (exact) mass is 426 g/mol. The van der Waals surface area contributed by atoms with Crippen LogP contribution in [0.15, 0.2) is 51.3 Å². The van der Waals surface area contributed by atoms with Crippen molar-refractivity contribution in [2.45, 2.75) is 39.5 Å². The minimum absolute atomic E-state index is 0.0602. The van der Waals surface area contributed by atoms with Crippen molar-refractivity contribution in [3.63, 3.8) is 0 Å². The zero-order valence-electron chi connectivity index (χ0n) is 14.9. The van der Waals surface area contributed by atoms with Crippen LogP contribution < -0.4 is 5.32 Å². The first-order valence-corrected chi connectivity index (χ1v) is 10.2. The van der Waals surface area contributed by atoms with E-state index in [1.807, 2.05) is 19.1 Å². The molecule has 0 bridgehead atoms. The number of carbonyl (C=O) groups excluding carboxylic acids is 1. The summed E-state index contributed by atoms with van der Waals surface area (Å²) in [5.41, 5.74) is 3.20. The highest BCUT2D eigenvalue weighted by Crippen LogP contribution is 2.51. The normalized spacial score (nSPS) is 22.3. The molecule has 132 valence electrons. The summed E-state index contributed by atoms with van der Waals surface area (Å²) in [6, 6.07) is 10.5. The number of halogens is 1. The van der Waals surface area contributed by atoms with Gasteiger partial charge in [-0.05, 0) is 40.8 Å². The van der Waals surface area contributed by atoms with E-state index in [0.29, 0.717) is 12.0 Å². The van der Waals surface area contributed by atoms with Crippen molar-refractivity contribution >= 4 is 43.1 Å². The zero-order chi connectivity index (χ0) is 18.6. The number of nitrogens with zero attached hydrogens (tertiary/aromatic N) is 1. The smallest absolute Gasteiger partial charge is 0.162 e. The number of hydrogen-bond acceptors (Lipinski definition) is 4. The lowest BCUT2D eigenvalue weighted by molar-refractivity contribution is -0.118. The van der Waals surface area contributed by atoms with Crippen molar-refractivity contribution in [3.05, 3.63) is 56.2 Å². The van der Waals surface area contributed by atoms with E-state index in [1.54, 1.807) is 11.3 Å². The van der Waals surface area contributed by atoms with Crippen molar-refractivity contribution in [3.8, 4) is 6.07 Å². The molecule has 1 N–H and O–H groups in total. The summed E-state index contributed by atoms with van der Waals surface area (Å²) < 4.78 is 2.16. The number of hydrogen-bond donors (Lipinski definition) is 1. The van der Waals surface area contributed by atoms with E-state index >= 15 is 0 Å². The van der Waals surface area contributed by atoms with Crippen molar-refractivity contribution in [2.75, 3.05) is 0 Å². The number of fused-ring (bicyclic) bond motifs is 1. The van der Waals surface area contributed by atoms with Crippen molar-refractivity contribution < 1.29 is 4.79 Å². The third-order valence-electron chi connectivity index (χ3n) is 5.18. The van der Waals surface area contributed by atoms with Crippen LogP contribution in [0.25, 0.3) is 10.1 Å². The second-order valence-electron chi connectivity index (χ2n) is 7.82. The van der Waals surface area contributed by atoms with Crippen molar-refractivity contribution in [1.29, 1.82) is 5.26 Å². The van der Waals surface area contributed by atoms with Crippen LogP contribution in [0.2, 0.25) is 0 Å². The number of nitriles is 1. The van der Waals surface area contributed by atoms with Crippen molar-refractivity contribution in [1.82, 2.24) is 5.32 Å². The molecule has 3 nitrogen and oxygen atoms in total. The van der Waals surface area contributed by atoms with Crippen LogP contribution in [0.3, 0.4) is 0 Å². The maximum atomic E-state index is 13.1. The molecular formula is C21H19BrN2OS. The molecular weight excluding hydrogens is 408 g/mol. The Balaban J connectivity index is 1.97. The van der Waals surface area contributed by atoms with E-state index in [0.717, 1.165) is 42.8 Å². The van der Waals surface area contributed by atoms with Crippen LogP contribution in [-0.2, 0) is 4.79 Å². The fourth-order valence-electron chi connectivity index (χ4n) is 4.06. The molecule has 1 atom stereocenters. The quantitative estimate of drug-likeness (QED) is 0.627.